The molecule has 2 aliphatic heterocycles. The molecule has 0 spiro atoms. The first kappa shape index (κ1) is 14.3. The van der Waals surface area contributed by atoms with E-state index in [1.165, 1.54) is 25.7 Å². The lowest BCUT2D eigenvalue weighted by Gasteiger charge is -2.34. The first-order valence-corrected chi connectivity index (χ1v) is 8.34. The summed E-state index contributed by atoms with van der Waals surface area (Å²) in [6.45, 7) is 3.89. The minimum Gasteiger partial charge on any atom is -0.376 e. The summed E-state index contributed by atoms with van der Waals surface area (Å²) in [6.07, 6.45) is 8.63. The topological polar surface area (TPSA) is 32.8 Å². The number of rotatable bonds is 4. The molecular formula is C16H28N2O2. The molecule has 20 heavy (non-hydrogen) atoms. The molecule has 3 fully saturated rings. The third kappa shape index (κ3) is 3.53. The van der Waals surface area contributed by atoms with Crippen LogP contribution in [0.1, 0.15) is 44.9 Å². The molecule has 3 rings (SSSR count). The molecule has 4 nitrogen and oxygen atoms in total. The molecule has 2 saturated heterocycles. The van der Waals surface area contributed by atoms with E-state index in [0.717, 1.165) is 51.5 Å². The van der Waals surface area contributed by atoms with Crippen molar-refractivity contribution < 1.29 is 9.53 Å². The lowest BCUT2D eigenvalue weighted by molar-refractivity contribution is -0.138. The highest BCUT2D eigenvalue weighted by Crippen LogP contribution is 2.31. The van der Waals surface area contributed by atoms with Crippen LogP contribution in [-0.2, 0) is 9.53 Å². The van der Waals surface area contributed by atoms with Gasteiger partial charge in [-0.05, 0) is 58.0 Å². The molecule has 0 radical (unpaired) electrons. The van der Waals surface area contributed by atoms with Crippen LogP contribution in [0, 0.1) is 5.92 Å². The van der Waals surface area contributed by atoms with Crippen molar-refractivity contribution in [1.29, 1.82) is 0 Å². The minimum atomic E-state index is 0.249. The van der Waals surface area contributed by atoms with Gasteiger partial charge in [-0.3, -0.25) is 4.79 Å². The van der Waals surface area contributed by atoms with Crippen molar-refractivity contribution >= 4 is 5.91 Å². The molecule has 1 saturated carbocycles. The van der Waals surface area contributed by atoms with Crippen LogP contribution in [0.3, 0.4) is 0 Å². The number of piperidine rings is 1. The number of amides is 1. The molecule has 0 unspecified atom stereocenters. The lowest BCUT2D eigenvalue weighted by Crippen LogP contribution is -2.44. The van der Waals surface area contributed by atoms with Gasteiger partial charge >= 0.3 is 0 Å². The number of likely N-dealkylation sites (N-methyl/N-ethyl adjacent to an activating group) is 1. The maximum atomic E-state index is 12.5. The third-order valence-electron chi connectivity index (χ3n) is 5.07. The van der Waals surface area contributed by atoms with E-state index < -0.39 is 0 Å². The van der Waals surface area contributed by atoms with Gasteiger partial charge in [-0.1, -0.05) is 0 Å². The highest BCUT2D eigenvalue weighted by molar-refractivity contribution is 5.78. The Morgan fingerprint density at radius 1 is 1.15 bits per heavy atom. The first-order valence-electron chi connectivity index (χ1n) is 8.34. The Balaban J connectivity index is 1.43. The quantitative estimate of drug-likeness (QED) is 0.788. The molecule has 114 valence electrons. The SMILES string of the molecule is CN(C[C@H]1CCCCO1)C(=O)C1CCN(C2CC2)CC1. The second-order valence-corrected chi connectivity index (χ2v) is 6.75. The molecule has 1 atom stereocenters. The fraction of sp³-hybridized carbons (Fsp3) is 0.938. The van der Waals surface area contributed by atoms with Gasteiger partial charge < -0.3 is 14.5 Å². The maximum Gasteiger partial charge on any atom is 0.225 e. The predicted molar refractivity (Wildman–Crippen MR) is 78.5 cm³/mol. The summed E-state index contributed by atoms with van der Waals surface area (Å²) in [4.78, 5) is 17.0. The summed E-state index contributed by atoms with van der Waals surface area (Å²) >= 11 is 0. The number of hydrogen-bond donors (Lipinski definition) is 0. The zero-order chi connectivity index (χ0) is 13.9. The van der Waals surface area contributed by atoms with Crippen LogP contribution in [0.2, 0.25) is 0 Å². The summed E-state index contributed by atoms with van der Waals surface area (Å²) in [6, 6.07) is 0.847. The fourth-order valence-electron chi connectivity index (χ4n) is 3.61. The normalized spacial score (nSPS) is 29.4. The molecule has 4 heteroatoms. The Kier molecular flexibility index (Phi) is 4.61. The molecule has 0 aromatic heterocycles. The number of likely N-dealkylation sites (tertiary alicyclic amines) is 1. The van der Waals surface area contributed by atoms with E-state index >= 15 is 0 Å². The van der Waals surface area contributed by atoms with Crippen molar-refractivity contribution in [3.63, 3.8) is 0 Å². The van der Waals surface area contributed by atoms with Crippen molar-refractivity contribution in [2.45, 2.75) is 57.1 Å². The smallest absolute Gasteiger partial charge is 0.225 e. The van der Waals surface area contributed by atoms with Gasteiger partial charge in [0.05, 0.1) is 6.10 Å². The van der Waals surface area contributed by atoms with Crippen LogP contribution in [-0.4, -0.2) is 61.1 Å². The molecule has 0 N–H and O–H groups in total. The highest BCUT2D eigenvalue weighted by Gasteiger charge is 2.34. The largest absolute Gasteiger partial charge is 0.376 e. The van der Waals surface area contributed by atoms with E-state index in [1.54, 1.807) is 0 Å². The summed E-state index contributed by atoms with van der Waals surface area (Å²) < 4.78 is 5.74. The molecule has 0 bridgehead atoms. The minimum absolute atomic E-state index is 0.249. The Bertz CT molecular complexity index is 329. The summed E-state index contributed by atoms with van der Waals surface area (Å²) in [5.41, 5.74) is 0. The predicted octanol–water partition coefficient (Wildman–Crippen LogP) is 1.89. The Morgan fingerprint density at radius 2 is 1.90 bits per heavy atom. The van der Waals surface area contributed by atoms with Gasteiger partial charge in [-0.2, -0.15) is 0 Å². The highest BCUT2D eigenvalue weighted by atomic mass is 16.5. The molecule has 1 aliphatic carbocycles. The van der Waals surface area contributed by atoms with E-state index in [1.807, 2.05) is 11.9 Å². The summed E-state index contributed by atoms with van der Waals surface area (Å²) in [7, 11) is 1.95. The van der Waals surface area contributed by atoms with Gasteiger partial charge in [0.1, 0.15) is 0 Å². The second kappa shape index (κ2) is 6.44. The average molecular weight is 280 g/mol. The Hall–Kier alpha value is -0.610. The van der Waals surface area contributed by atoms with Crippen molar-refractivity contribution in [3.8, 4) is 0 Å². The van der Waals surface area contributed by atoms with Gasteiger partial charge in [0.2, 0.25) is 5.91 Å². The van der Waals surface area contributed by atoms with E-state index in [0.29, 0.717) is 5.91 Å². The third-order valence-corrected chi connectivity index (χ3v) is 5.07. The zero-order valence-electron chi connectivity index (χ0n) is 12.7. The molecule has 0 aromatic carbocycles. The Morgan fingerprint density at radius 3 is 2.50 bits per heavy atom. The van der Waals surface area contributed by atoms with Crippen LogP contribution in [0.5, 0.6) is 0 Å². The van der Waals surface area contributed by atoms with E-state index in [-0.39, 0.29) is 12.0 Å². The fourth-order valence-corrected chi connectivity index (χ4v) is 3.61. The van der Waals surface area contributed by atoms with Crippen LogP contribution in [0.15, 0.2) is 0 Å². The average Bonchev–Trinajstić information content (AvgIpc) is 3.32. The maximum absolute atomic E-state index is 12.5. The molecule has 3 aliphatic rings. The van der Waals surface area contributed by atoms with E-state index in [9.17, 15) is 4.79 Å². The number of hydrogen-bond acceptors (Lipinski definition) is 3. The van der Waals surface area contributed by atoms with Crippen molar-refractivity contribution in [2.24, 2.45) is 5.92 Å². The van der Waals surface area contributed by atoms with Gasteiger partial charge in [0, 0.05) is 32.2 Å². The van der Waals surface area contributed by atoms with Crippen molar-refractivity contribution in [1.82, 2.24) is 9.80 Å². The van der Waals surface area contributed by atoms with Gasteiger partial charge in [-0.25, -0.2) is 0 Å². The second-order valence-electron chi connectivity index (χ2n) is 6.75. The molecule has 2 heterocycles. The standard InChI is InChI=1S/C16H28N2O2/c1-17(12-15-4-2-3-11-20-15)16(19)13-7-9-18(10-8-13)14-5-6-14/h13-15H,2-12H2,1H3/t15-/m1/s1. The number of nitrogens with zero attached hydrogens (tertiary/aromatic N) is 2. The summed E-state index contributed by atoms with van der Waals surface area (Å²) in [5.74, 6) is 0.591. The van der Waals surface area contributed by atoms with Gasteiger partial charge in [0.25, 0.3) is 0 Å². The van der Waals surface area contributed by atoms with Gasteiger partial charge in [0.15, 0.2) is 0 Å². The molecule has 0 aromatic rings. The van der Waals surface area contributed by atoms with Crippen molar-refractivity contribution in [3.05, 3.63) is 0 Å². The van der Waals surface area contributed by atoms with E-state index in [4.69, 9.17) is 4.74 Å². The van der Waals surface area contributed by atoms with Gasteiger partial charge in [-0.15, -0.1) is 0 Å². The number of carbonyl (C=O) groups is 1. The molecule has 1 amide bonds. The number of ether oxygens (including phenoxy) is 1. The Labute approximate surface area is 122 Å². The monoisotopic (exact) mass is 280 g/mol. The molecular weight excluding hydrogens is 252 g/mol. The number of carbonyl (C=O) groups excluding carboxylic acids is 1. The van der Waals surface area contributed by atoms with Crippen LogP contribution in [0.25, 0.3) is 0 Å². The van der Waals surface area contributed by atoms with Crippen molar-refractivity contribution in [2.75, 3.05) is 33.3 Å². The van der Waals surface area contributed by atoms with Crippen LogP contribution in [0.4, 0.5) is 0 Å². The van der Waals surface area contributed by atoms with E-state index in [2.05, 4.69) is 4.90 Å². The summed E-state index contributed by atoms with van der Waals surface area (Å²) in [5, 5.41) is 0. The first-order chi connectivity index (χ1) is 9.74. The van der Waals surface area contributed by atoms with Crippen LogP contribution < -0.4 is 0 Å². The lowest BCUT2D eigenvalue weighted by atomic mass is 9.95. The van der Waals surface area contributed by atoms with Crippen LogP contribution >= 0.6 is 0 Å². The zero-order valence-corrected chi connectivity index (χ0v) is 12.7.